The highest BCUT2D eigenvalue weighted by Crippen LogP contribution is 2.11. The van der Waals surface area contributed by atoms with Crippen LogP contribution >= 0.6 is 24.8 Å². The van der Waals surface area contributed by atoms with Crippen molar-refractivity contribution in [3.8, 4) is 0 Å². The average Bonchev–Trinajstić information content (AvgIpc) is 2.76. The molecule has 0 radical (unpaired) electrons. The Morgan fingerprint density at radius 3 is 1.22 bits per heavy atom. The number of amidine groups is 2. The first-order chi connectivity index (χ1) is 14.5. The van der Waals surface area contributed by atoms with Crippen molar-refractivity contribution in [2.75, 3.05) is 38.8 Å². The van der Waals surface area contributed by atoms with Gasteiger partial charge in [-0.05, 0) is 48.5 Å². The van der Waals surface area contributed by atoms with E-state index in [2.05, 4.69) is 31.3 Å². The average molecular weight is 479 g/mol. The molecule has 0 saturated heterocycles. The lowest BCUT2D eigenvalue weighted by atomic mass is 10.2. The molecule has 0 bridgehead atoms. The third-order valence-electron chi connectivity index (χ3n) is 4.16. The summed E-state index contributed by atoms with van der Waals surface area (Å²) in [5.41, 5.74) is 3.06. The van der Waals surface area contributed by atoms with Crippen LogP contribution in [0.3, 0.4) is 0 Å². The van der Waals surface area contributed by atoms with Crippen molar-refractivity contribution in [1.29, 1.82) is 0 Å². The van der Waals surface area contributed by atoms with Crippen LogP contribution in [0.25, 0.3) is 0 Å². The monoisotopic (exact) mass is 478 g/mol. The quantitative estimate of drug-likeness (QED) is 0.290. The molecule has 32 heavy (non-hydrogen) atoms. The second-order valence-corrected chi connectivity index (χ2v) is 6.11. The van der Waals surface area contributed by atoms with E-state index in [-0.39, 0.29) is 24.8 Å². The molecule has 2 aromatic rings. The molecule has 0 aliphatic carbocycles. The summed E-state index contributed by atoms with van der Waals surface area (Å²) in [7, 11) is 6.98. The highest BCUT2D eigenvalue weighted by atomic mass is 35.5. The Kier molecular flexibility index (Phi) is 13.1. The Bertz CT molecular complexity index is 891. The minimum absolute atomic E-state index is 0. The third-order valence-corrected chi connectivity index (χ3v) is 4.16. The largest absolute Gasteiger partial charge is 0.373 e. The van der Waals surface area contributed by atoms with E-state index in [0.29, 0.717) is 11.4 Å². The summed E-state index contributed by atoms with van der Waals surface area (Å²) in [5, 5.41) is 11.4. The number of anilines is 2. The highest BCUT2D eigenvalue weighted by molar-refractivity contribution is 6.07. The Balaban J connectivity index is 0.00000480. The van der Waals surface area contributed by atoms with Gasteiger partial charge in [-0.1, -0.05) is 0 Å². The zero-order chi connectivity index (χ0) is 21.9. The van der Waals surface area contributed by atoms with Crippen LogP contribution in [0, 0.1) is 0 Å². The van der Waals surface area contributed by atoms with Crippen molar-refractivity contribution in [2.45, 2.75) is 0 Å². The van der Waals surface area contributed by atoms with E-state index >= 15 is 0 Å². The Morgan fingerprint density at radius 1 is 0.656 bits per heavy atom. The van der Waals surface area contributed by atoms with Gasteiger partial charge in [0.2, 0.25) is 11.8 Å². The summed E-state index contributed by atoms with van der Waals surface area (Å²) in [4.78, 5) is 32.4. The van der Waals surface area contributed by atoms with E-state index in [0.717, 1.165) is 22.8 Å². The van der Waals surface area contributed by atoms with Crippen molar-refractivity contribution >= 4 is 59.7 Å². The van der Waals surface area contributed by atoms with Crippen molar-refractivity contribution in [3.05, 3.63) is 71.8 Å². The van der Waals surface area contributed by atoms with Crippen molar-refractivity contribution in [2.24, 2.45) is 9.98 Å². The highest BCUT2D eigenvalue weighted by Gasteiger charge is 2.04. The van der Waals surface area contributed by atoms with Crippen LogP contribution in [0.4, 0.5) is 11.4 Å². The summed E-state index contributed by atoms with van der Waals surface area (Å²) < 4.78 is 0. The van der Waals surface area contributed by atoms with Gasteiger partial charge in [-0.3, -0.25) is 19.6 Å². The van der Waals surface area contributed by atoms with E-state index in [4.69, 9.17) is 0 Å². The lowest BCUT2D eigenvalue weighted by Crippen LogP contribution is -2.19. The van der Waals surface area contributed by atoms with E-state index in [1.54, 1.807) is 52.5 Å². The van der Waals surface area contributed by atoms with Crippen LogP contribution in [-0.2, 0) is 9.59 Å². The normalized spacial score (nSPS) is 11.1. The molecule has 2 rings (SSSR count). The number of amides is 2. The van der Waals surface area contributed by atoms with Crippen LogP contribution in [-0.4, -0.2) is 51.7 Å². The topological polar surface area (TPSA) is 107 Å². The first-order valence-corrected chi connectivity index (χ1v) is 9.30. The fraction of sp³-hybridized carbons (Fsp3) is 0.182. The minimum atomic E-state index is -0.399. The molecule has 0 heterocycles. The number of carbonyl (C=O) groups excluding carboxylic acids is 2. The van der Waals surface area contributed by atoms with Crippen LogP contribution in [0.1, 0.15) is 11.1 Å². The molecule has 0 saturated carbocycles. The number of aliphatic imine (C=N–C) groups is 2. The van der Waals surface area contributed by atoms with Gasteiger partial charge < -0.3 is 21.3 Å². The van der Waals surface area contributed by atoms with E-state index < -0.39 is 11.8 Å². The molecule has 0 aliphatic heterocycles. The maximum atomic E-state index is 12.1. The Morgan fingerprint density at radius 2 is 0.969 bits per heavy atom. The van der Waals surface area contributed by atoms with Gasteiger partial charge in [0.1, 0.15) is 11.7 Å². The Hall–Kier alpha value is -3.36. The second-order valence-electron chi connectivity index (χ2n) is 6.11. The van der Waals surface area contributed by atoms with Gasteiger partial charge in [-0.15, -0.1) is 24.8 Å². The molecule has 0 atom stereocenters. The predicted molar refractivity (Wildman–Crippen MR) is 137 cm³/mol. The summed E-state index contributed by atoms with van der Waals surface area (Å²) in [5.74, 6) is 0.705. The van der Waals surface area contributed by atoms with Gasteiger partial charge in [0.15, 0.2) is 0 Å². The van der Waals surface area contributed by atoms with Crippen LogP contribution in [0.15, 0.2) is 70.7 Å². The summed E-state index contributed by atoms with van der Waals surface area (Å²) in [6.07, 6.45) is 2.37. The summed E-state index contributed by atoms with van der Waals surface area (Å²) in [6.45, 7) is 0. The minimum Gasteiger partial charge on any atom is -0.373 e. The smallest absolute Gasteiger partial charge is 0.248 e. The van der Waals surface area contributed by atoms with Gasteiger partial charge >= 0.3 is 0 Å². The number of hydrogen-bond donors (Lipinski definition) is 4. The second kappa shape index (κ2) is 14.6. The molecule has 0 spiro atoms. The molecular weight excluding hydrogens is 451 g/mol. The molecule has 2 aromatic carbocycles. The van der Waals surface area contributed by atoms with Crippen LogP contribution in [0.5, 0.6) is 0 Å². The van der Waals surface area contributed by atoms with E-state index in [9.17, 15) is 9.59 Å². The summed E-state index contributed by atoms with van der Waals surface area (Å²) in [6, 6.07) is 14.5. The van der Waals surface area contributed by atoms with Crippen LogP contribution in [0.2, 0.25) is 0 Å². The maximum Gasteiger partial charge on any atom is 0.248 e. The van der Waals surface area contributed by atoms with Gasteiger partial charge in [0, 0.05) is 62.8 Å². The first kappa shape index (κ1) is 28.6. The molecule has 0 aliphatic rings. The lowest BCUT2D eigenvalue weighted by molar-refractivity contribution is -0.114. The van der Waals surface area contributed by atoms with Crippen LogP contribution < -0.4 is 21.3 Å². The molecule has 4 N–H and O–H groups in total. The molecule has 8 nitrogen and oxygen atoms in total. The molecule has 2 amide bonds. The Labute approximate surface area is 200 Å². The number of nitrogens with zero attached hydrogens (tertiary/aromatic N) is 2. The number of carbonyl (C=O) groups is 2. The standard InChI is InChI=1S/C22H26N6O2.2ClH/c1-23-21(24-2)15-5-9-17(10-6-15)27-19(29)13-14-20(30)28-18-11-7-16(8-12-18)22(25-3)26-4;;/h5-14H,1-4H3,(H,23,24)(H,25,26)(H,27,29)(H,28,30);2*1H/b14-13+;;. The van der Waals surface area contributed by atoms with Gasteiger partial charge in [0.05, 0.1) is 0 Å². The van der Waals surface area contributed by atoms with Crippen molar-refractivity contribution in [3.63, 3.8) is 0 Å². The SMILES string of the molecule is CN=C(NC)c1ccc(NC(=O)/C=C/C(=O)Nc2ccc(C(=NC)NC)cc2)cc1.Cl.Cl. The number of halogens is 2. The van der Waals surface area contributed by atoms with E-state index in [1.807, 2.05) is 24.3 Å². The van der Waals surface area contributed by atoms with Gasteiger partial charge in [-0.2, -0.15) is 0 Å². The molecule has 0 fully saturated rings. The van der Waals surface area contributed by atoms with Gasteiger partial charge in [-0.25, -0.2) is 0 Å². The van der Waals surface area contributed by atoms with Crippen molar-refractivity contribution in [1.82, 2.24) is 10.6 Å². The van der Waals surface area contributed by atoms with E-state index in [1.165, 1.54) is 12.2 Å². The number of hydrogen-bond acceptors (Lipinski definition) is 4. The van der Waals surface area contributed by atoms with Gasteiger partial charge in [0.25, 0.3) is 0 Å². The molecule has 10 heteroatoms. The maximum absolute atomic E-state index is 12.1. The fourth-order valence-corrected chi connectivity index (χ4v) is 2.71. The fourth-order valence-electron chi connectivity index (χ4n) is 2.71. The number of rotatable bonds is 6. The zero-order valence-electron chi connectivity index (χ0n) is 18.3. The number of nitrogens with one attached hydrogen (secondary N) is 4. The summed E-state index contributed by atoms with van der Waals surface area (Å²) >= 11 is 0. The molecular formula is C22H28Cl2N6O2. The lowest BCUT2D eigenvalue weighted by Gasteiger charge is -2.07. The zero-order valence-corrected chi connectivity index (χ0v) is 19.9. The first-order valence-electron chi connectivity index (χ1n) is 9.30. The number of benzene rings is 2. The molecule has 0 aromatic heterocycles. The predicted octanol–water partition coefficient (Wildman–Crippen LogP) is 2.86. The van der Waals surface area contributed by atoms with Crippen molar-refractivity contribution < 1.29 is 9.59 Å². The molecule has 172 valence electrons. The third kappa shape index (κ3) is 8.41. The molecule has 0 unspecified atom stereocenters.